The van der Waals surface area contributed by atoms with Crippen molar-refractivity contribution in [2.45, 2.75) is 24.5 Å². The lowest BCUT2D eigenvalue weighted by molar-refractivity contribution is -0.0218. The van der Waals surface area contributed by atoms with Crippen LogP contribution < -0.4 is 20.5 Å². The zero-order chi connectivity index (χ0) is 18.4. The van der Waals surface area contributed by atoms with Gasteiger partial charge in [0.15, 0.2) is 0 Å². The second-order valence-corrected chi connectivity index (χ2v) is 6.77. The Morgan fingerprint density at radius 2 is 1.54 bits per heavy atom. The summed E-state index contributed by atoms with van der Waals surface area (Å²) in [5, 5.41) is 3.40. The van der Waals surface area contributed by atoms with Gasteiger partial charge in [-0.2, -0.15) is 0 Å². The number of rotatable bonds is 7. The van der Waals surface area contributed by atoms with E-state index in [0.717, 1.165) is 35.7 Å². The molecular formula is C21H28N2O3. The zero-order valence-electron chi connectivity index (χ0n) is 15.5. The van der Waals surface area contributed by atoms with Crippen molar-refractivity contribution in [2.75, 3.05) is 33.9 Å². The summed E-state index contributed by atoms with van der Waals surface area (Å²) in [6.45, 7) is 2.26. The van der Waals surface area contributed by atoms with E-state index in [1.54, 1.807) is 14.2 Å². The van der Waals surface area contributed by atoms with Gasteiger partial charge >= 0.3 is 0 Å². The van der Waals surface area contributed by atoms with Gasteiger partial charge in [-0.05, 0) is 36.1 Å². The molecule has 5 nitrogen and oxygen atoms in total. The molecule has 0 radical (unpaired) electrons. The molecule has 2 aromatic rings. The van der Waals surface area contributed by atoms with Crippen LogP contribution in [0.4, 0.5) is 0 Å². The Kier molecular flexibility index (Phi) is 6.14. The molecule has 0 bridgehead atoms. The van der Waals surface area contributed by atoms with Gasteiger partial charge < -0.3 is 25.3 Å². The molecule has 0 aliphatic carbocycles. The average molecular weight is 356 g/mol. The first kappa shape index (κ1) is 18.7. The van der Waals surface area contributed by atoms with E-state index in [0.29, 0.717) is 19.4 Å². The Bertz CT molecular complexity index is 664. The van der Waals surface area contributed by atoms with Gasteiger partial charge in [-0.25, -0.2) is 0 Å². The van der Waals surface area contributed by atoms with Gasteiger partial charge in [0.25, 0.3) is 0 Å². The standard InChI is InChI=1S/C21H28N2O3/c1-24-18-9-5-3-7-16(18)13-21(22,20-15-23-11-12-26-20)14-17-8-4-6-10-19(17)25-2/h3-10,20,23H,11-15,22H2,1-2H3. The van der Waals surface area contributed by atoms with Crippen LogP contribution in [0.1, 0.15) is 11.1 Å². The Morgan fingerprint density at radius 1 is 1.00 bits per heavy atom. The van der Waals surface area contributed by atoms with Crippen LogP contribution in [-0.4, -0.2) is 45.6 Å². The SMILES string of the molecule is COc1ccccc1CC(N)(Cc1ccccc1OC)C1CNCCO1. The first-order chi connectivity index (χ1) is 12.7. The number of benzene rings is 2. The van der Waals surface area contributed by atoms with Gasteiger partial charge in [-0.1, -0.05) is 36.4 Å². The van der Waals surface area contributed by atoms with E-state index in [1.165, 1.54) is 0 Å². The fourth-order valence-corrected chi connectivity index (χ4v) is 3.63. The number of hydrogen-bond donors (Lipinski definition) is 2. The second-order valence-electron chi connectivity index (χ2n) is 6.77. The van der Waals surface area contributed by atoms with E-state index < -0.39 is 5.54 Å². The molecule has 0 aromatic heterocycles. The summed E-state index contributed by atoms with van der Waals surface area (Å²) in [6.07, 6.45) is 1.22. The predicted molar refractivity (Wildman–Crippen MR) is 103 cm³/mol. The molecule has 26 heavy (non-hydrogen) atoms. The van der Waals surface area contributed by atoms with Crippen LogP contribution in [0.3, 0.4) is 0 Å². The van der Waals surface area contributed by atoms with Crippen LogP contribution >= 0.6 is 0 Å². The fourth-order valence-electron chi connectivity index (χ4n) is 3.63. The van der Waals surface area contributed by atoms with Crippen LogP contribution in [0.5, 0.6) is 11.5 Å². The number of ether oxygens (including phenoxy) is 3. The lowest BCUT2D eigenvalue weighted by Crippen LogP contribution is -2.61. The molecule has 140 valence electrons. The third kappa shape index (κ3) is 4.18. The summed E-state index contributed by atoms with van der Waals surface area (Å²) in [7, 11) is 3.38. The van der Waals surface area contributed by atoms with Gasteiger partial charge in [0.2, 0.25) is 0 Å². The van der Waals surface area contributed by atoms with Crippen molar-refractivity contribution in [3.63, 3.8) is 0 Å². The molecule has 3 rings (SSSR count). The Balaban J connectivity index is 1.93. The zero-order valence-corrected chi connectivity index (χ0v) is 15.5. The lowest BCUT2D eigenvalue weighted by atomic mass is 9.80. The number of para-hydroxylation sites is 2. The minimum absolute atomic E-state index is 0.0916. The number of nitrogens with two attached hydrogens (primary N) is 1. The summed E-state index contributed by atoms with van der Waals surface area (Å²) in [6, 6.07) is 16.1. The molecule has 2 aromatic carbocycles. The Labute approximate surface area is 155 Å². The van der Waals surface area contributed by atoms with E-state index in [-0.39, 0.29) is 6.10 Å². The van der Waals surface area contributed by atoms with Gasteiger partial charge in [0, 0.05) is 13.1 Å². The summed E-state index contributed by atoms with van der Waals surface area (Å²) >= 11 is 0. The second kappa shape index (κ2) is 8.54. The van der Waals surface area contributed by atoms with E-state index >= 15 is 0 Å². The van der Waals surface area contributed by atoms with Gasteiger partial charge in [0.1, 0.15) is 11.5 Å². The largest absolute Gasteiger partial charge is 0.496 e. The van der Waals surface area contributed by atoms with Crippen molar-refractivity contribution in [3.05, 3.63) is 59.7 Å². The minimum atomic E-state index is -0.587. The van der Waals surface area contributed by atoms with E-state index in [1.807, 2.05) is 36.4 Å². The van der Waals surface area contributed by atoms with Gasteiger partial charge in [-0.15, -0.1) is 0 Å². The molecule has 1 saturated heterocycles. The molecule has 5 heteroatoms. The van der Waals surface area contributed by atoms with Crippen molar-refractivity contribution in [1.29, 1.82) is 0 Å². The first-order valence-electron chi connectivity index (χ1n) is 9.01. The van der Waals surface area contributed by atoms with E-state index in [9.17, 15) is 0 Å². The van der Waals surface area contributed by atoms with E-state index in [2.05, 4.69) is 17.4 Å². The van der Waals surface area contributed by atoms with Crippen LogP contribution in [0.2, 0.25) is 0 Å². The highest BCUT2D eigenvalue weighted by molar-refractivity contribution is 5.38. The number of hydrogen-bond acceptors (Lipinski definition) is 5. The average Bonchev–Trinajstić information content (AvgIpc) is 2.69. The number of morpholine rings is 1. The van der Waals surface area contributed by atoms with Gasteiger partial charge in [-0.3, -0.25) is 0 Å². The van der Waals surface area contributed by atoms with Crippen LogP contribution in [0.15, 0.2) is 48.5 Å². The Hall–Kier alpha value is -2.08. The monoisotopic (exact) mass is 356 g/mol. The molecule has 0 saturated carbocycles. The molecule has 3 N–H and O–H groups in total. The highest BCUT2D eigenvalue weighted by Crippen LogP contribution is 2.30. The van der Waals surface area contributed by atoms with Gasteiger partial charge in [0.05, 0.1) is 32.5 Å². The number of methoxy groups -OCH3 is 2. The lowest BCUT2D eigenvalue weighted by Gasteiger charge is -2.40. The molecule has 1 atom stereocenters. The molecule has 1 unspecified atom stereocenters. The minimum Gasteiger partial charge on any atom is -0.496 e. The normalized spacial score (nSPS) is 17.7. The molecular weight excluding hydrogens is 328 g/mol. The Morgan fingerprint density at radius 3 is 2.00 bits per heavy atom. The molecule has 0 spiro atoms. The van der Waals surface area contributed by atoms with Crippen molar-refractivity contribution in [2.24, 2.45) is 5.73 Å². The molecule has 1 aliphatic heterocycles. The molecule has 0 amide bonds. The third-order valence-electron chi connectivity index (χ3n) is 4.99. The summed E-state index contributed by atoms with van der Waals surface area (Å²) in [5.41, 5.74) is 8.59. The maximum absolute atomic E-state index is 7.01. The van der Waals surface area contributed by atoms with Crippen molar-refractivity contribution >= 4 is 0 Å². The van der Waals surface area contributed by atoms with Crippen molar-refractivity contribution in [3.8, 4) is 11.5 Å². The maximum atomic E-state index is 7.01. The molecule has 1 fully saturated rings. The molecule has 1 aliphatic rings. The quantitative estimate of drug-likeness (QED) is 0.796. The summed E-state index contributed by atoms with van der Waals surface area (Å²) in [5.74, 6) is 1.71. The number of nitrogens with one attached hydrogen (secondary N) is 1. The maximum Gasteiger partial charge on any atom is 0.122 e. The van der Waals surface area contributed by atoms with Crippen LogP contribution in [-0.2, 0) is 17.6 Å². The van der Waals surface area contributed by atoms with Crippen LogP contribution in [0, 0.1) is 0 Å². The highest BCUT2D eigenvalue weighted by Gasteiger charge is 2.38. The smallest absolute Gasteiger partial charge is 0.122 e. The summed E-state index contributed by atoms with van der Waals surface area (Å²) in [4.78, 5) is 0. The topological polar surface area (TPSA) is 65.7 Å². The predicted octanol–water partition coefficient (Wildman–Crippen LogP) is 2.17. The molecule has 1 heterocycles. The summed E-state index contributed by atoms with van der Waals surface area (Å²) < 4.78 is 17.1. The fraction of sp³-hybridized carbons (Fsp3) is 0.429. The van der Waals surface area contributed by atoms with Crippen molar-refractivity contribution < 1.29 is 14.2 Å². The van der Waals surface area contributed by atoms with E-state index in [4.69, 9.17) is 19.9 Å². The first-order valence-corrected chi connectivity index (χ1v) is 9.01. The van der Waals surface area contributed by atoms with Crippen LogP contribution in [0.25, 0.3) is 0 Å². The third-order valence-corrected chi connectivity index (χ3v) is 4.99. The highest BCUT2D eigenvalue weighted by atomic mass is 16.5. The van der Waals surface area contributed by atoms with Crippen molar-refractivity contribution in [1.82, 2.24) is 5.32 Å².